The number of rotatable bonds is 4. The van der Waals surface area contributed by atoms with Crippen molar-refractivity contribution in [1.82, 2.24) is 9.97 Å². The first-order chi connectivity index (χ1) is 11.2. The van der Waals surface area contributed by atoms with Crippen LogP contribution in [0.1, 0.15) is 23.5 Å². The summed E-state index contributed by atoms with van der Waals surface area (Å²) in [7, 11) is 0. The van der Waals surface area contributed by atoms with Gasteiger partial charge in [-0.05, 0) is 49.1 Å². The lowest BCUT2D eigenvalue weighted by Crippen LogP contribution is -2.09. The summed E-state index contributed by atoms with van der Waals surface area (Å²) < 4.78 is 0. The van der Waals surface area contributed by atoms with E-state index in [1.807, 2.05) is 25.1 Å². The minimum Gasteiger partial charge on any atom is -0.302 e. The number of benzene rings is 1. The van der Waals surface area contributed by atoms with Gasteiger partial charge in [0.15, 0.2) is 0 Å². The molecule has 1 fully saturated rings. The van der Waals surface area contributed by atoms with Crippen molar-refractivity contribution < 1.29 is 4.79 Å². The van der Waals surface area contributed by atoms with Crippen LogP contribution in [0.5, 0.6) is 0 Å². The summed E-state index contributed by atoms with van der Waals surface area (Å²) in [5.74, 6) is 0. The van der Waals surface area contributed by atoms with Crippen LogP contribution in [0, 0.1) is 6.92 Å². The van der Waals surface area contributed by atoms with Gasteiger partial charge in [-0.15, -0.1) is 11.3 Å². The molecule has 0 aliphatic heterocycles. The van der Waals surface area contributed by atoms with Gasteiger partial charge in [-0.25, -0.2) is 4.98 Å². The highest BCUT2D eigenvalue weighted by atomic mass is 32.1. The maximum Gasteiger partial charge on any atom is 0.132 e. The summed E-state index contributed by atoms with van der Waals surface area (Å²) in [6.07, 6.45) is 4.66. The zero-order chi connectivity index (χ0) is 15.9. The van der Waals surface area contributed by atoms with Crippen molar-refractivity contribution in [2.45, 2.75) is 25.2 Å². The van der Waals surface area contributed by atoms with Gasteiger partial charge in [-0.3, -0.25) is 4.98 Å². The molecule has 23 heavy (non-hydrogen) atoms. The van der Waals surface area contributed by atoms with Crippen LogP contribution < -0.4 is 0 Å². The summed E-state index contributed by atoms with van der Waals surface area (Å²) in [6, 6.07) is 12.4. The molecule has 0 atom stereocenters. The van der Waals surface area contributed by atoms with Gasteiger partial charge in [0.2, 0.25) is 0 Å². The minimum absolute atomic E-state index is 0.334. The van der Waals surface area contributed by atoms with E-state index in [0.717, 1.165) is 52.2 Å². The largest absolute Gasteiger partial charge is 0.302 e. The molecule has 1 aromatic carbocycles. The van der Waals surface area contributed by atoms with Crippen molar-refractivity contribution in [3.63, 3.8) is 0 Å². The molecule has 4 rings (SSSR count). The molecule has 2 heterocycles. The fourth-order valence-corrected chi connectivity index (χ4v) is 3.43. The van der Waals surface area contributed by atoms with E-state index in [4.69, 9.17) is 0 Å². The number of hydrogen-bond donors (Lipinski definition) is 0. The Morgan fingerprint density at radius 1 is 1.13 bits per heavy atom. The van der Waals surface area contributed by atoms with Gasteiger partial charge in [0, 0.05) is 17.1 Å². The molecule has 0 unspecified atom stereocenters. The first-order valence-electron chi connectivity index (χ1n) is 7.66. The molecule has 0 amide bonds. The Morgan fingerprint density at radius 2 is 1.91 bits per heavy atom. The van der Waals surface area contributed by atoms with Crippen molar-refractivity contribution in [3.05, 3.63) is 58.7 Å². The van der Waals surface area contributed by atoms with E-state index in [-0.39, 0.29) is 5.41 Å². The van der Waals surface area contributed by atoms with Crippen molar-refractivity contribution in [2.24, 2.45) is 0 Å². The van der Waals surface area contributed by atoms with Crippen LogP contribution in [0.4, 0.5) is 0 Å². The molecule has 114 valence electrons. The number of aryl methyl sites for hydroxylation is 1. The number of nitrogens with zero attached hydrogens (tertiary/aromatic N) is 2. The fourth-order valence-electron chi connectivity index (χ4n) is 2.81. The number of carbonyl (C=O) groups is 1. The van der Waals surface area contributed by atoms with Gasteiger partial charge in [0.25, 0.3) is 0 Å². The van der Waals surface area contributed by atoms with Crippen LogP contribution in [0.2, 0.25) is 0 Å². The van der Waals surface area contributed by atoms with E-state index in [0.29, 0.717) is 0 Å². The highest BCUT2D eigenvalue weighted by Gasteiger charge is 2.45. The van der Waals surface area contributed by atoms with E-state index < -0.39 is 0 Å². The minimum atomic E-state index is -0.334. The number of aromatic nitrogens is 2. The zero-order valence-electron chi connectivity index (χ0n) is 12.8. The van der Waals surface area contributed by atoms with Crippen molar-refractivity contribution in [3.8, 4) is 22.4 Å². The third kappa shape index (κ3) is 2.59. The van der Waals surface area contributed by atoms with E-state index in [1.165, 1.54) is 0 Å². The van der Waals surface area contributed by atoms with E-state index >= 15 is 0 Å². The standard InChI is InChI=1S/C19H16N2OS/c1-13-21-17(11-23-13)16-4-2-3-14(9-16)15-5-8-20-18(10-15)19(12-22)6-7-19/h2-5,8-12H,6-7H2,1H3. The van der Waals surface area contributed by atoms with E-state index in [2.05, 4.69) is 33.5 Å². The first-order valence-corrected chi connectivity index (χ1v) is 8.54. The lowest BCUT2D eigenvalue weighted by atomic mass is 9.98. The number of carbonyl (C=O) groups excluding carboxylic acids is 1. The maximum atomic E-state index is 11.3. The summed E-state index contributed by atoms with van der Waals surface area (Å²) in [6.45, 7) is 2.02. The molecule has 0 radical (unpaired) electrons. The van der Waals surface area contributed by atoms with Crippen molar-refractivity contribution in [1.29, 1.82) is 0 Å². The predicted molar refractivity (Wildman–Crippen MR) is 92.5 cm³/mol. The quantitative estimate of drug-likeness (QED) is 0.669. The lowest BCUT2D eigenvalue weighted by Gasteiger charge is -2.09. The molecule has 1 saturated carbocycles. The van der Waals surface area contributed by atoms with E-state index in [1.54, 1.807) is 17.5 Å². The molecule has 0 bridgehead atoms. The van der Waals surface area contributed by atoms with Crippen molar-refractivity contribution in [2.75, 3.05) is 0 Å². The third-order valence-corrected chi connectivity index (χ3v) is 5.17. The van der Waals surface area contributed by atoms with Gasteiger partial charge in [0.1, 0.15) is 6.29 Å². The smallest absolute Gasteiger partial charge is 0.132 e. The van der Waals surface area contributed by atoms with Gasteiger partial charge >= 0.3 is 0 Å². The average Bonchev–Trinajstić information content (AvgIpc) is 3.29. The van der Waals surface area contributed by atoms with Gasteiger partial charge in [0.05, 0.1) is 21.8 Å². The second-order valence-corrected chi connectivity index (χ2v) is 7.10. The molecule has 0 saturated heterocycles. The van der Waals surface area contributed by atoms with Gasteiger partial charge in [-0.1, -0.05) is 18.2 Å². The SMILES string of the molecule is Cc1nc(-c2cccc(-c3ccnc(C4(C=O)CC4)c3)c2)cs1. The Kier molecular flexibility index (Phi) is 3.34. The average molecular weight is 320 g/mol. The summed E-state index contributed by atoms with van der Waals surface area (Å²) in [5.41, 5.74) is 4.90. The van der Waals surface area contributed by atoms with E-state index in [9.17, 15) is 4.79 Å². The second-order valence-electron chi connectivity index (χ2n) is 6.04. The molecule has 0 spiro atoms. The zero-order valence-corrected chi connectivity index (χ0v) is 13.6. The molecule has 0 N–H and O–H groups in total. The third-order valence-electron chi connectivity index (χ3n) is 4.40. The number of hydrogen-bond acceptors (Lipinski definition) is 4. The second kappa shape index (κ2) is 5.39. The molecule has 3 aromatic rings. The Hall–Kier alpha value is -2.33. The molecule has 1 aliphatic carbocycles. The van der Waals surface area contributed by atoms with Crippen LogP contribution in [-0.4, -0.2) is 16.3 Å². The number of pyridine rings is 1. The van der Waals surface area contributed by atoms with Crippen LogP contribution >= 0.6 is 11.3 Å². The first kappa shape index (κ1) is 14.3. The Morgan fingerprint density at radius 3 is 2.61 bits per heavy atom. The molecule has 4 heteroatoms. The number of thiazole rings is 1. The molecule has 2 aromatic heterocycles. The van der Waals surface area contributed by atoms with Gasteiger partial charge in [-0.2, -0.15) is 0 Å². The van der Waals surface area contributed by atoms with Crippen LogP contribution in [0.3, 0.4) is 0 Å². The van der Waals surface area contributed by atoms with Crippen molar-refractivity contribution >= 4 is 17.6 Å². The molecular formula is C19H16N2OS. The molecule has 3 nitrogen and oxygen atoms in total. The Bertz CT molecular complexity index is 880. The molecular weight excluding hydrogens is 304 g/mol. The van der Waals surface area contributed by atoms with Gasteiger partial charge < -0.3 is 4.79 Å². The highest BCUT2D eigenvalue weighted by Crippen LogP contribution is 2.46. The van der Waals surface area contributed by atoms with Crippen LogP contribution in [0.25, 0.3) is 22.4 Å². The number of aldehydes is 1. The Labute approximate surface area is 139 Å². The monoisotopic (exact) mass is 320 g/mol. The van der Waals surface area contributed by atoms with Crippen LogP contribution in [-0.2, 0) is 10.2 Å². The fraction of sp³-hybridized carbons (Fsp3) is 0.211. The normalized spacial score (nSPS) is 15.3. The summed E-state index contributed by atoms with van der Waals surface area (Å²) >= 11 is 1.66. The maximum absolute atomic E-state index is 11.3. The lowest BCUT2D eigenvalue weighted by molar-refractivity contribution is -0.109. The topological polar surface area (TPSA) is 42.9 Å². The predicted octanol–water partition coefficient (Wildman–Crippen LogP) is 4.41. The molecule has 1 aliphatic rings. The summed E-state index contributed by atoms with van der Waals surface area (Å²) in [4.78, 5) is 20.3. The summed E-state index contributed by atoms with van der Waals surface area (Å²) in [5, 5.41) is 3.15. The van der Waals surface area contributed by atoms with Crippen LogP contribution in [0.15, 0.2) is 48.0 Å². The highest BCUT2D eigenvalue weighted by molar-refractivity contribution is 7.09. The Balaban J connectivity index is 1.74.